The van der Waals surface area contributed by atoms with Crippen molar-refractivity contribution >= 4 is 5.69 Å². The van der Waals surface area contributed by atoms with Crippen LogP contribution in [0.2, 0.25) is 0 Å². The van der Waals surface area contributed by atoms with Gasteiger partial charge >= 0.3 is 5.69 Å². The highest BCUT2D eigenvalue weighted by atomic mass is 16.6. The molecule has 1 saturated heterocycles. The number of hydrogen-bond donors (Lipinski definition) is 3. The van der Waals surface area contributed by atoms with Gasteiger partial charge < -0.3 is 19.7 Å². The largest absolute Gasteiger partial charge is 0.491 e. The van der Waals surface area contributed by atoms with Gasteiger partial charge in [0.25, 0.3) is 11.2 Å². The second-order valence-electron chi connectivity index (χ2n) is 5.63. The fraction of sp³-hybridized carbons (Fsp3) is 0.333. The Kier molecular flexibility index (Phi) is 4.84. The first kappa shape index (κ1) is 17.8. The van der Waals surface area contributed by atoms with Gasteiger partial charge in [0.2, 0.25) is 0 Å². The number of nitrogens with zero attached hydrogens (tertiary/aromatic N) is 2. The first-order valence-electron chi connectivity index (χ1n) is 7.57. The summed E-state index contributed by atoms with van der Waals surface area (Å²) in [4.78, 5) is 35.0. The lowest BCUT2D eigenvalue weighted by atomic mass is 10.1. The smallest absolute Gasteiger partial charge is 0.330 e. The van der Waals surface area contributed by atoms with Crippen LogP contribution in [0.25, 0.3) is 0 Å². The minimum Gasteiger partial charge on any atom is -0.491 e. The van der Waals surface area contributed by atoms with Gasteiger partial charge in [-0.1, -0.05) is 0 Å². The summed E-state index contributed by atoms with van der Waals surface area (Å²) in [7, 11) is 0. The lowest BCUT2D eigenvalue weighted by Gasteiger charge is -2.16. The number of benzene rings is 1. The summed E-state index contributed by atoms with van der Waals surface area (Å²) in [6, 6.07) is 6.39. The van der Waals surface area contributed by atoms with Crippen LogP contribution in [0.3, 0.4) is 0 Å². The van der Waals surface area contributed by atoms with Crippen LogP contribution in [0.4, 0.5) is 5.69 Å². The molecule has 0 bridgehead atoms. The SMILES string of the molecule is O=c1ccn([C@@H]2O[C@@H](COc3ccc([N+](=O)[O-])cc3)[C@@H](O)[C@@H]2O)c(=O)[nH]1. The van der Waals surface area contributed by atoms with E-state index in [2.05, 4.69) is 0 Å². The molecule has 3 rings (SSSR count). The van der Waals surface area contributed by atoms with Crippen molar-refractivity contribution < 1.29 is 24.6 Å². The number of hydrogen-bond acceptors (Lipinski definition) is 8. The highest BCUT2D eigenvalue weighted by Gasteiger charge is 2.44. The van der Waals surface area contributed by atoms with Crippen molar-refractivity contribution in [1.29, 1.82) is 0 Å². The third-order valence-corrected chi connectivity index (χ3v) is 3.92. The molecule has 1 aromatic carbocycles. The van der Waals surface area contributed by atoms with E-state index in [4.69, 9.17) is 9.47 Å². The van der Waals surface area contributed by atoms with Gasteiger partial charge in [0.15, 0.2) is 6.23 Å². The monoisotopic (exact) mass is 365 g/mol. The van der Waals surface area contributed by atoms with Crippen LogP contribution >= 0.6 is 0 Å². The van der Waals surface area contributed by atoms with Gasteiger partial charge in [-0.2, -0.15) is 0 Å². The zero-order chi connectivity index (χ0) is 18.8. The second-order valence-corrected chi connectivity index (χ2v) is 5.63. The van der Waals surface area contributed by atoms with Crippen LogP contribution in [0.15, 0.2) is 46.1 Å². The number of rotatable bonds is 5. The Labute approximate surface area is 145 Å². The molecule has 1 fully saturated rings. The molecule has 0 radical (unpaired) electrons. The molecule has 0 amide bonds. The number of ether oxygens (including phenoxy) is 2. The number of nitro groups is 1. The molecule has 11 heteroatoms. The van der Waals surface area contributed by atoms with Crippen LogP contribution in [-0.2, 0) is 4.74 Å². The Hall–Kier alpha value is -3.02. The first-order valence-corrected chi connectivity index (χ1v) is 7.57. The van der Waals surface area contributed by atoms with Gasteiger partial charge in [-0.05, 0) is 12.1 Å². The molecule has 11 nitrogen and oxygen atoms in total. The number of aliphatic hydroxyl groups is 2. The van der Waals surface area contributed by atoms with Crippen molar-refractivity contribution in [3.63, 3.8) is 0 Å². The molecule has 1 aromatic heterocycles. The highest BCUT2D eigenvalue weighted by molar-refractivity contribution is 5.35. The van der Waals surface area contributed by atoms with Gasteiger partial charge in [0.1, 0.15) is 30.7 Å². The van der Waals surface area contributed by atoms with E-state index >= 15 is 0 Å². The summed E-state index contributed by atoms with van der Waals surface area (Å²) in [5.41, 5.74) is -1.48. The summed E-state index contributed by atoms with van der Waals surface area (Å²) in [5, 5.41) is 30.8. The molecule has 0 saturated carbocycles. The van der Waals surface area contributed by atoms with E-state index in [0.29, 0.717) is 5.75 Å². The fourth-order valence-corrected chi connectivity index (χ4v) is 2.57. The average Bonchev–Trinajstić information content (AvgIpc) is 2.88. The predicted molar refractivity (Wildman–Crippen MR) is 85.8 cm³/mol. The Bertz CT molecular complexity index is 906. The summed E-state index contributed by atoms with van der Waals surface area (Å²) in [5.74, 6) is 0.311. The lowest BCUT2D eigenvalue weighted by molar-refractivity contribution is -0.384. The number of aromatic amines is 1. The molecular weight excluding hydrogens is 350 g/mol. The maximum absolute atomic E-state index is 11.8. The highest BCUT2D eigenvalue weighted by Crippen LogP contribution is 2.29. The molecule has 2 heterocycles. The minimum atomic E-state index is -1.41. The predicted octanol–water partition coefficient (Wildman–Crippen LogP) is -0.857. The van der Waals surface area contributed by atoms with E-state index in [1.165, 1.54) is 24.3 Å². The van der Waals surface area contributed by atoms with Crippen molar-refractivity contribution in [2.75, 3.05) is 6.61 Å². The number of nitrogens with one attached hydrogen (secondary N) is 1. The molecule has 1 aliphatic heterocycles. The van der Waals surface area contributed by atoms with Gasteiger partial charge in [-0.3, -0.25) is 24.5 Å². The van der Waals surface area contributed by atoms with Crippen LogP contribution in [0.5, 0.6) is 5.75 Å². The maximum atomic E-state index is 11.8. The average molecular weight is 365 g/mol. The van der Waals surface area contributed by atoms with E-state index in [0.717, 1.165) is 16.8 Å². The normalized spacial score (nSPS) is 25.2. The molecule has 4 atom stereocenters. The number of nitro benzene ring substituents is 1. The minimum absolute atomic E-state index is 0.0950. The van der Waals surface area contributed by atoms with E-state index in [1.807, 2.05) is 4.98 Å². The lowest BCUT2D eigenvalue weighted by Crippen LogP contribution is -2.37. The van der Waals surface area contributed by atoms with Gasteiger partial charge in [-0.25, -0.2) is 4.79 Å². The van der Waals surface area contributed by atoms with Crippen molar-refractivity contribution in [2.45, 2.75) is 24.5 Å². The number of aliphatic hydroxyl groups excluding tert-OH is 2. The van der Waals surface area contributed by atoms with Crippen LogP contribution in [-0.4, -0.2) is 49.6 Å². The van der Waals surface area contributed by atoms with Crippen molar-refractivity contribution in [3.05, 3.63) is 67.5 Å². The zero-order valence-corrected chi connectivity index (χ0v) is 13.2. The summed E-state index contributed by atoms with van der Waals surface area (Å²) in [6.07, 6.45) is -3.74. The standard InChI is InChI=1S/C15H15N3O8/c19-11-5-6-17(15(22)16-11)14-13(21)12(20)10(26-14)7-25-9-3-1-8(2-4-9)18(23)24/h1-6,10,12-14,20-21H,7H2,(H,16,19,22)/t10-,12+,13-,14+/m0/s1. The number of H-pyrrole nitrogens is 1. The fourth-order valence-electron chi connectivity index (χ4n) is 2.57. The molecule has 0 aliphatic carbocycles. The van der Waals surface area contributed by atoms with Crippen LogP contribution in [0, 0.1) is 10.1 Å². The summed E-state index contributed by atoms with van der Waals surface area (Å²) in [6.45, 7) is -0.162. The van der Waals surface area contributed by atoms with Crippen molar-refractivity contribution in [3.8, 4) is 5.75 Å². The Morgan fingerprint density at radius 3 is 2.50 bits per heavy atom. The Balaban J connectivity index is 1.68. The molecule has 26 heavy (non-hydrogen) atoms. The zero-order valence-electron chi connectivity index (χ0n) is 13.2. The Morgan fingerprint density at radius 1 is 1.19 bits per heavy atom. The van der Waals surface area contributed by atoms with Crippen LogP contribution in [0.1, 0.15) is 6.23 Å². The van der Waals surface area contributed by atoms with Gasteiger partial charge in [-0.15, -0.1) is 0 Å². The summed E-state index contributed by atoms with van der Waals surface area (Å²) < 4.78 is 11.9. The van der Waals surface area contributed by atoms with E-state index < -0.39 is 40.7 Å². The van der Waals surface area contributed by atoms with Gasteiger partial charge in [0, 0.05) is 24.4 Å². The molecule has 2 aromatic rings. The topological polar surface area (TPSA) is 157 Å². The van der Waals surface area contributed by atoms with Crippen LogP contribution < -0.4 is 16.0 Å². The Morgan fingerprint density at radius 2 is 1.88 bits per heavy atom. The van der Waals surface area contributed by atoms with Crippen molar-refractivity contribution in [2.24, 2.45) is 0 Å². The van der Waals surface area contributed by atoms with E-state index in [-0.39, 0.29) is 12.3 Å². The third-order valence-electron chi connectivity index (χ3n) is 3.92. The molecule has 138 valence electrons. The molecule has 1 aliphatic rings. The van der Waals surface area contributed by atoms with E-state index in [1.54, 1.807) is 0 Å². The molecular formula is C15H15N3O8. The number of aromatic nitrogens is 2. The van der Waals surface area contributed by atoms with E-state index in [9.17, 15) is 29.9 Å². The van der Waals surface area contributed by atoms with Crippen molar-refractivity contribution in [1.82, 2.24) is 9.55 Å². The first-order chi connectivity index (χ1) is 12.4. The summed E-state index contributed by atoms with van der Waals surface area (Å²) >= 11 is 0. The second kappa shape index (κ2) is 7.07. The quantitative estimate of drug-likeness (QED) is 0.456. The van der Waals surface area contributed by atoms with Gasteiger partial charge in [0.05, 0.1) is 4.92 Å². The molecule has 0 spiro atoms. The third kappa shape index (κ3) is 3.49. The molecule has 0 unspecified atom stereocenters. The maximum Gasteiger partial charge on any atom is 0.330 e. The number of non-ortho nitro benzene ring substituents is 1. The molecule has 3 N–H and O–H groups in total.